The Morgan fingerprint density at radius 1 is 1.27 bits per heavy atom. The van der Waals surface area contributed by atoms with Gasteiger partial charge in [0.15, 0.2) is 0 Å². The molecule has 3 heteroatoms. The third-order valence-corrected chi connectivity index (χ3v) is 3.10. The molecule has 0 unspecified atom stereocenters. The number of carboxylic acids is 1. The van der Waals surface area contributed by atoms with E-state index in [0.29, 0.717) is 5.70 Å². The van der Waals surface area contributed by atoms with Crippen LogP contribution in [0.2, 0.25) is 0 Å². The van der Waals surface area contributed by atoms with E-state index >= 15 is 0 Å². The van der Waals surface area contributed by atoms with Gasteiger partial charge in [0.2, 0.25) is 0 Å². The van der Waals surface area contributed by atoms with E-state index in [2.05, 4.69) is 13.8 Å². The number of carbonyl (C=O) groups is 1. The fourth-order valence-electron chi connectivity index (χ4n) is 2.28. The molecular weight excluding hydrogens is 190 g/mol. The average molecular weight is 211 g/mol. The van der Waals surface area contributed by atoms with Crippen molar-refractivity contribution in [2.24, 2.45) is 0 Å². The molecule has 0 bridgehead atoms. The summed E-state index contributed by atoms with van der Waals surface area (Å²) in [4.78, 5) is 13.3. The number of hydrogen-bond acceptors (Lipinski definition) is 2. The molecule has 0 radical (unpaired) electrons. The lowest BCUT2D eigenvalue weighted by molar-refractivity contribution is -0.135. The van der Waals surface area contributed by atoms with Gasteiger partial charge in [0.05, 0.1) is 0 Å². The molecule has 0 atom stereocenters. The lowest BCUT2D eigenvalue weighted by Crippen LogP contribution is -2.48. The van der Waals surface area contributed by atoms with E-state index in [1.54, 1.807) is 0 Å². The van der Waals surface area contributed by atoms with Gasteiger partial charge in [-0.1, -0.05) is 0 Å². The van der Waals surface area contributed by atoms with Gasteiger partial charge in [-0.15, -0.1) is 0 Å². The number of piperidine rings is 1. The number of nitrogens with zero attached hydrogens (tertiary/aromatic N) is 1. The monoisotopic (exact) mass is 211 g/mol. The molecule has 0 aromatic carbocycles. The van der Waals surface area contributed by atoms with Crippen molar-refractivity contribution in [1.82, 2.24) is 4.90 Å². The van der Waals surface area contributed by atoms with Crippen molar-refractivity contribution in [2.75, 3.05) is 6.54 Å². The molecule has 1 rings (SSSR count). The topological polar surface area (TPSA) is 40.5 Å². The van der Waals surface area contributed by atoms with Crippen LogP contribution in [0.15, 0.2) is 11.3 Å². The van der Waals surface area contributed by atoms with Gasteiger partial charge in [-0.25, -0.2) is 4.79 Å². The number of carboxylic acid groups (broad SMARTS) is 1. The molecule has 0 aromatic rings. The van der Waals surface area contributed by atoms with Gasteiger partial charge in [0.25, 0.3) is 0 Å². The van der Waals surface area contributed by atoms with Gasteiger partial charge in [-0.05, 0) is 52.5 Å². The van der Waals surface area contributed by atoms with Crippen LogP contribution < -0.4 is 0 Å². The SMILES string of the molecule is CC(C)=C(C(=O)O)N1CCCCC1(C)C. The molecule has 0 amide bonds. The smallest absolute Gasteiger partial charge is 0.352 e. The molecule has 1 N–H and O–H groups in total. The van der Waals surface area contributed by atoms with E-state index in [1.807, 2.05) is 18.7 Å². The Bertz CT molecular complexity index is 288. The second kappa shape index (κ2) is 4.25. The highest BCUT2D eigenvalue weighted by Crippen LogP contribution is 2.31. The van der Waals surface area contributed by atoms with Gasteiger partial charge in [0, 0.05) is 12.1 Å². The summed E-state index contributed by atoms with van der Waals surface area (Å²) in [5.41, 5.74) is 1.35. The van der Waals surface area contributed by atoms with E-state index in [-0.39, 0.29) is 5.54 Å². The number of rotatable bonds is 2. The highest BCUT2D eigenvalue weighted by Gasteiger charge is 2.33. The summed E-state index contributed by atoms with van der Waals surface area (Å²) < 4.78 is 0. The minimum absolute atomic E-state index is 0.0246. The molecule has 1 fully saturated rings. The maximum atomic E-state index is 11.2. The summed E-state index contributed by atoms with van der Waals surface area (Å²) in [5, 5.41) is 9.23. The molecule has 0 aromatic heterocycles. The number of likely N-dealkylation sites (tertiary alicyclic amines) is 1. The Hall–Kier alpha value is -0.990. The van der Waals surface area contributed by atoms with Crippen LogP contribution in [0.1, 0.15) is 47.0 Å². The maximum absolute atomic E-state index is 11.2. The molecule has 0 spiro atoms. The third kappa shape index (κ3) is 2.52. The molecule has 86 valence electrons. The first-order valence-electron chi connectivity index (χ1n) is 5.54. The largest absolute Gasteiger partial charge is 0.477 e. The highest BCUT2D eigenvalue weighted by molar-refractivity contribution is 5.86. The fourth-order valence-corrected chi connectivity index (χ4v) is 2.28. The fraction of sp³-hybridized carbons (Fsp3) is 0.750. The first-order valence-corrected chi connectivity index (χ1v) is 5.54. The van der Waals surface area contributed by atoms with Gasteiger partial charge < -0.3 is 10.0 Å². The van der Waals surface area contributed by atoms with Crippen LogP contribution in [0.25, 0.3) is 0 Å². The summed E-state index contributed by atoms with van der Waals surface area (Å²) in [6.07, 6.45) is 3.35. The second-order valence-electron chi connectivity index (χ2n) is 5.07. The summed E-state index contributed by atoms with van der Waals surface area (Å²) in [5.74, 6) is -0.801. The Morgan fingerprint density at radius 2 is 1.87 bits per heavy atom. The van der Waals surface area contributed by atoms with E-state index in [9.17, 15) is 9.90 Å². The van der Waals surface area contributed by atoms with Gasteiger partial charge in [-0.3, -0.25) is 0 Å². The van der Waals surface area contributed by atoms with Crippen LogP contribution in [-0.2, 0) is 4.79 Å². The van der Waals surface area contributed by atoms with Gasteiger partial charge in [-0.2, -0.15) is 0 Å². The summed E-state index contributed by atoms with van der Waals surface area (Å²) in [6.45, 7) is 8.85. The van der Waals surface area contributed by atoms with Crippen molar-refractivity contribution in [3.63, 3.8) is 0 Å². The zero-order chi connectivity index (χ0) is 11.6. The molecule has 1 aliphatic heterocycles. The molecule has 15 heavy (non-hydrogen) atoms. The second-order valence-corrected chi connectivity index (χ2v) is 5.07. The third-order valence-electron chi connectivity index (χ3n) is 3.10. The van der Waals surface area contributed by atoms with Crippen molar-refractivity contribution < 1.29 is 9.90 Å². The van der Waals surface area contributed by atoms with Crippen molar-refractivity contribution >= 4 is 5.97 Å². The van der Waals surface area contributed by atoms with Crippen LogP contribution in [0.3, 0.4) is 0 Å². The predicted octanol–water partition coefficient (Wildman–Crippen LogP) is 2.63. The maximum Gasteiger partial charge on any atom is 0.352 e. The van der Waals surface area contributed by atoms with Gasteiger partial charge >= 0.3 is 5.97 Å². The van der Waals surface area contributed by atoms with E-state index in [0.717, 1.165) is 25.0 Å². The summed E-state index contributed by atoms with van der Waals surface area (Å²) >= 11 is 0. The molecule has 3 nitrogen and oxygen atoms in total. The van der Waals surface area contributed by atoms with E-state index in [4.69, 9.17) is 0 Å². The van der Waals surface area contributed by atoms with Crippen LogP contribution in [-0.4, -0.2) is 28.1 Å². The van der Waals surface area contributed by atoms with Crippen molar-refractivity contribution in [3.05, 3.63) is 11.3 Å². The number of hydrogen-bond donors (Lipinski definition) is 1. The predicted molar refractivity (Wildman–Crippen MR) is 60.6 cm³/mol. The lowest BCUT2D eigenvalue weighted by Gasteiger charge is -2.44. The first kappa shape index (κ1) is 12.1. The van der Waals surface area contributed by atoms with E-state index in [1.165, 1.54) is 6.42 Å². The highest BCUT2D eigenvalue weighted by atomic mass is 16.4. The molecular formula is C12H21NO2. The molecule has 1 heterocycles. The Labute approximate surface area is 91.8 Å². The molecule has 0 saturated carbocycles. The minimum Gasteiger partial charge on any atom is -0.477 e. The Balaban J connectivity index is 3.03. The summed E-state index contributed by atoms with van der Waals surface area (Å²) in [6, 6.07) is 0. The molecule has 1 aliphatic rings. The van der Waals surface area contributed by atoms with Crippen molar-refractivity contribution in [1.29, 1.82) is 0 Å². The lowest BCUT2D eigenvalue weighted by atomic mass is 9.89. The van der Waals surface area contributed by atoms with Crippen molar-refractivity contribution in [2.45, 2.75) is 52.5 Å². The number of aliphatic carboxylic acids is 1. The van der Waals surface area contributed by atoms with E-state index < -0.39 is 5.97 Å². The Morgan fingerprint density at radius 3 is 2.27 bits per heavy atom. The summed E-state index contributed by atoms with van der Waals surface area (Å²) in [7, 11) is 0. The first-order chi connectivity index (χ1) is 6.86. The zero-order valence-corrected chi connectivity index (χ0v) is 10.1. The normalized spacial score (nSPS) is 19.9. The molecule has 0 aliphatic carbocycles. The molecule has 1 saturated heterocycles. The average Bonchev–Trinajstić information content (AvgIpc) is 2.06. The van der Waals surface area contributed by atoms with Crippen molar-refractivity contribution in [3.8, 4) is 0 Å². The quantitative estimate of drug-likeness (QED) is 0.714. The Kier molecular flexibility index (Phi) is 3.42. The van der Waals surface area contributed by atoms with Gasteiger partial charge in [0.1, 0.15) is 5.70 Å². The standard InChI is InChI=1S/C12H21NO2/c1-9(2)10(11(14)15)13-8-6-5-7-12(13,3)4/h5-8H2,1-4H3,(H,14,15). The number of allylic oxidation sites excluding steroid dienone is 1. The minimum atomic E-state index is -0.801. The van der Waals surface area contributed by atoms with Crippen LogP contribution in [0, 0.1) is 0 Å². The van der Waals surface area contributed by atoms with Crippen LogP contribution in [0.5, 0.6) is 0 Å². The zero-order valence-electron chi connectivity index (χ0n) is 10.1. The van der Waals surface area contributed by atoms with Crippen LogP contribution in [0.4, 0.5) is 0 Å². The van der Waals surface area contributed by atoms with Crippen LogP contribution >= 0.6 is 0 Å².